The smallest absolute Gasteiger partial charge is 0.331 e. The molecule has 9 heteroatoms. The number of nitrogens with zero attached hydrogens (tertiary/aromatic N) is 1. The van der Waals surface area contributed by atoms with Crippen molar-refractivity contribution in [3.8, 4) is 5.75 Å². The largest absolute Gasteiger partial charge is 0.493 e. The third kappa shape index (κ3) is 6.49. The highest BCUT2D eigenvalue weighted by Crippen LogP contribution is 2.31. The molecule has 1 N–H and O–H groups in total. The Hall–Kier alpha value is -3.17. The van der Waals surface area contributed by atoms with E-state index in [9.17, 15) is 18.0 Å². The molecule has 186 valence electrons. The van der Waals surface area contributed by atoms with E-state index in [2.05, 4.69) is 5.32 Å². The topological polar surface area (TPSA) is 102 Å². The second-order valence-corrected chi connectivity index (χ2v) is 10.6. The minimum absolute atomic E-state index is 0.189. The molecule has 2 aliphatic rings. The maximum absolute atomic E-state index is 12.9. The average Bonchev–Trinajstić information content (AvgIpc) is 3.17. The molecule has 2 aromatic rings. The van der Waals surface area contributed by atoms with Crippen LogP contribution < -0.4 is 10.1 Å². The quantitative estimate of drug-likeness (QED) is 0.464. The number of hydrogen-bond donors (Lipinski definition) is 1. The molecule has 2 heterocycles. The number of carbonyl (C=O) groups is 2. The second-order valence-electron chi connectivity index (χ2n) is 8.62. The van der Waals surface area contributed by atoms with Crippen LogP contribution in [0.5, 0.6) is 5.75 Å². The van der Waals surface area contributed by atoms with Crippen molar-refractivity contribution in [3.63, 3.8) is 0 Å². The monoisotopic (exact) mass is 498 g/mol. The zero-order chi connectivity index (χ0) is 24.7. The lowest BCUT2D eigenvalue weighted by Gasteiger charge is -2.26. The van der Waals surface area contributed by atoms with Crippen molar-refractivity contribution in [1.82, 2.24) is 9.62 Å². The number of fused-ring (bicyclic) bond motifs is 1. The number of sulfonamides is 1. The molecule has 1 atom stereocenters. The second kappa shape index (κ2) is 11.5. The van der Waals surface area contributed by atoms with Gasteiger partial charge in [-0.05, 0) is 42.7 Å². The Kier molecular flexibility index (Phi) is 8.20. The third-order valence-electron chi connectivity index (χ3n) is 6.13. The van der Waals surface area contributed by atoms with Gasteiger partial charge >= 0.3 is 5.97 Å². The van der Waals surface area contributed by atoms with Gasteiger partial charge in [0.25, 0.3) is 5.91 Å². The molecular weight excluding hydrogens is 468 g/mol. The van der Waals surface area contributed by atoms with Crippen LogP contribution in [-0.2, 0) is 24.3 Å². The molecule has 1 unspecified atom stereocenters. The maximum Gasteiger partial charge on any atom is 0.331 e. The van der Waals surface area contributed by atoms with Crippen molar-refractivity contribution in [2.75, 3.05) is 26.3 Å². The van der Waals surface area contributed by atoms with Crippen molar-refractivity contribution in [2.24, 2.45) is 0 Å². The molecule has 1 fully saturated rings. The van der Waals surface area contributed by atoms with Crippen LogP contribution in [0.3, 0.4) is 0 Å². The summed E-state index contributed by atoms with van der Waals surface area (Å²) in [5.41, 5.74) is 1.56. The third-order valence-corrected chi connectivity index (χ3v) is 8.05. The van der Waals surface area contributed by atoms with E-state index in [4.69, 9.17) is 9.47 Å². The summed E-state index contributed by atoms with van der Waals surface area (Å²) in [7, 11) is -3.52. The lowest BCUT2D eigenvalue weighted by atomic mass is 10.0. The average molecular weight is 499 g/mol. The van der Waals surface area contributed by atoms with E-state index in [0.29, 0.717) is 31.7 Å². The first-order chi connectivity index (χ1) is 16.9. The first-order valence-corrected chi connectivity index (χ1v) is 13.3. The van der Waals surface area contributed by atoms with Crippen molar-refractivity contribution < 1.29 is 27.5 Å². The predicted octanol–water partition coefficient (Wildman–Crippen LogP) is 3.45. The number of esters is 1. The zero-order valence-electron chi connectivity index (χ0n) is 19.5. The Labute approximate surface area is 206 Å². The SMILES string of the molecule is O=C(COC(=O)/C=C/c1ccc(S(=O)(=O)N2CCCCCC2)cc1)NC1CCOc2ccccc21. The Balaban J connectivity index is 1.27. The van der Waals surface area contributed by atoms with Crippen LogP contribution in [0.4, 0.5) is 0 Å². The molecule has 0 aliphatic carbocycles. The number of ether oxygens (including phenoxy) is 2. The lowest BCUT2D eigenvalue weighted by Crippen LogP contribution is -2.34. The Morgan fingerprint density at radius 1 is 1.03 bits per heavy atom. The Bertz CT molecular complexity index is 1170. The van der Waals surface area contributed by atoms with Gasteiger partial charge in [-0.25, -0.2) is 13.2 Å². The van der Waals surface area contributed by atoms with Gasteiger partial charge in [-0.15, -0.1) is 0 Å². The molecule has 1 saturated heterocycles. The molecule has 0 radical (unpaired) electrons. The van der Waals surface area contributed by atoms with Gasteiger partial charge in [-0.3, -0.25) is 4.79 Å². The van der Waals surface area contributed by atoms with Crippen LogP contribution in [0.2, 0.25) is 0 Å². The van der Waals surface area contributed by atoms with E-state index in [0.717, 1.165) is 37.0 Å². The molecule has 1 amide bonds. The molecule has 0 spiro atoms. The number of benzene rings is 2. The summed E-state index contributed by atoms with van der Waals surface area (Å²) in [4.78, 5) is 24.6. The van der Waals surface area contributed by atoms with Crippen LogP contribution >= 0.6 is 0 Å². The molecule has 0 aromatic heterocycles. The summed E-state index contributed by atoms with van der Waals surface area (Å²) in [6, 6.07) is 13.7. The Morgan fingerprint density at radius 2 is 1.74 bits per heavy atom. The normalized spacial score (nSPS) is 18.8. The highest BCUT2D eigenvalue weighted by Gasteiger charge is 2.25. The first kappa shape index (κ1) is 24.9. The summed E-state index contributed by atoms with van der Waals surface area (Å²) in [6.07, 6.45) is 7.24. The van der Waals surface area contributed by atoms with Crippen molar-refractivity contribution in [3.05, 3.63) is 65.7 Å². The molecule has 0 bridgehead atoms. The molecule has 0 saturated carbocycles. The van der Waals surface area contributed by atoms with E-state index >= 15 is 0 Å². The standard InChI is InChI=1S/C26H30N2O6S/c29-25(27-23-15-18-33-24-8-4-3-7-22(23)24)19-34-26(30)14-11-20-9-12-21(13-10-20)35(31,32)28-16-5-1-2-6-17-28/h3-4,7-14,23H,1-2,5-6,15-19H2,(H,27,29)/b14-11+. The van der Waals surface area contributed by atoms with Gasteiger partial charge in [-0.2, -0.15) is 4.31 Å². The Morgan fingerprint density at radius 3 is 2.49 bits per heavy atom. The van der Waals surface area contributed by atoms with Crippen LogP contribution in [-0.4, -0.2) is 50.9 Å². The highest BCUT2D eigenvalue weighted by molar-refractivity contribution is 7.89. The summed E-state index contributed by atoms with van der Waals surface area (Å²) in [6.45, 7) is 1.20. The predicted molar refractivity (Wildman–Crippen MR) is 131 cm³/mol. The van der Waals surface area contributed by atoms with Gasteiger partial charge in [0.1, 0.15) is 5.75 Å². The van der Waals surface area contributed by atoms with Crippen molar-refractivity contribution in [2.45, 2.75) is 43.0 Å². The minimum atomic E-state index is -3.52. The fourth-order valence-electron chi connectivity index (χ4n) is 4.26. The summed E-state index contributed by atoms with van der Waals surface area (Å²) in [5, 5.41) is 2.87. The van der Waals surface area contributed by atoms with Crippen LogP contribution in [0.15, 0.2) is 59.5 Å². The number of amides is 1. The molecule has 35 heavy (non-hydrogen) atoms. The number of nitrogens with one attached hydrogen (secondary N) is 1. The lowest BCUT2D eigenvalue weighted by molar-refractivity contribution is -0.144. The first-order valence-electron chi connectivity index (χ1n) is 11.9. The highest BCUT2D eigenvalue weighted by atomic mass is 32.2. The van der Waals surface area contributed by atoms with Gasteiger partial charge in [0.2, 0.25) is 10.0 Å². The number of hydrogen-bond acceptors (Lipinski definition) is 6. The summed E-state index contributed by atoms with van der Waals surface area (Å²) >= 11 is 0. The maximum atomic E-state index is 12.9. The molecule has 8 nitrogen and oxygen atoms in total. The number of para-hydroxylation sites is 1. The van der Waals surface area contributed by atoms with Gasteiger partial charge < -0.3 is 14.8 Å². The van der Waals surface area contributed by atoms with E-state index in [1.807, 2.05) is 24.3 Å². The fraction of sp³-hybridized carbons (Fsp3) is 0.385. The zero-order valence-corrected chi connectivity index (χ0v) is 20.3. The number of rotatable bonds is 7. The van der Waals surface area contributed by atoms with Crippen molar-refractivity contribution in [1.29, 1.82) is 0 Å². The van der Waals surface area contributed by atoms with Crippen LogP contribution in [0.1, 0.15) is 49.3 Å². The van der Waals surface area contributed by atoms with Gasteiger partial charge in [0.05, 0.1) is 17.5 Å². The van der Waals surface area contributed by atoms with Crippen LogP contribution in [0.25, 0.3) is 6.08 Å². The van der Waals surface area contributed by atoms with Crippen LogP contribution in [0, 0.1) is 0 Å². The summed E-state index contributed by atoms with van der Waals surface area (Å²) in [5.74, 6) is -0.306. The molecule has 2 aromatic carbocycles. The summed E-state index contributed by atoms with van der Waals surface area (Å²) < 4.78 is 37.9. The van der Waals surface area contributed by atoms with E-state index < -0.39 is 28.5 Å². The minimum Gasteiger partial charge on any atom is -0.493 e. The van der Waals surface area contributed by atoms with E-state index in [-0.39, 0.29) is 10.9 Å². The van der Waals surface area contributed by atoms with Gasteiger partial charge in [-0.1, -0.05) is 43.2 Å². The van der Waals surface area contributed by atoms with E-state index in [1.54, 1.807) is 28.6 Å². The fourth-order valence-corrected chi connectivity index (χ4v) is 5.78. The molecular formula is C26H30N2O6S. The van der Waals surface area contributed by atoms with Gasteiger partial charge in [0, 0.05) is 31.1 Å². The van der Waals surface area contributed by atoms with Crippen molar-refractivity contribution >= 4 is 28.0 Å². The molecule has 2 aliphatic heterocycles. The van der Waals surface area contributed by atoms with Gasteiger partial charge in [0.15, 0.2) is 6.61 Å². The van der Waals surface area contributed by atoms with E-state index in [1.165, 1.54) is 12.2 Å². The number of carbonyl (C=O) groups excluding carboxylic acids is 2. The molecule has 4 rings (SSSR count).